The van der Waals surface area contributed by atoms with E-state index in [1.54, 1.807) is 0 Å². The normalized spacial score (nSPS) is 17.7. The van der Waals surface area contributed by atoms with Gasteiger partial charge in [-0.25, -0.2) is 8.42 Å². The predicted octanol–water partition coefficient (Wildman–Crippen LogP) is 5.24. The molecule has 30 heavy (non-hydrogen) atoms. The van der Waals surface area contributed by atoms with Crippen molar-refractivity contribution < 1.29 is 26.3 Å². The van der Waals surface area contributed by atoms with Gasteiger partial charge in [-0.1, -0.05) is 18.6 Å². The summed E-state index contributed by atoms with van der Waals surface area (Å²) < 4.78 is 71.7. The molecule has 2 aliphatic carbocycles. The van der Waals surface area contributed by atoms with Crippen LogP contribution in [0.15, 0.2) is 53.4 Å². The van der Waals surface area contributed by atoms with Crippen LogP contribution in [0.2, 0.25) is 0 Å². The average molecular weight is 439 g/mol. The Bertz CT molecular complexity index is 964. The van der Waals surface area contributed by atoms with Gasteiger partial charge in [0.1, 0.15) is 5.75 Å². The molecule has 0 bridgehead atoms. The first-order valence-corrected chi connectivity index (χ1v) is 11.6. The Morgan fingerprint density at radius 3 is 2.07 bits per heavy atom. The number of hydrogen-bond acceptors (Lipinski definition) is 3. The molecule has 0 aromatic heterocycles. The van der Waals surface area contributed by atoms with Crippen molar-refractivity contribution in [3.8, 4) is 5.75 Å². The van der Waals surface area contributed by atoms with Crippen molar-refractivity contribution >= 4 is 10.0 Å². The van der Waals surface area contributed by atoms with Gasteiger partial charge in [0.2, 0.25) is 10.0 Å². The molecule has 0 heterocycles. The monoisotopic (exact) mass is 439 g/mol. The minimum atomic E-state index is -4.50. The lowest BCUT2D eigenvalue weighted by Crippen LogP contribution is -2.32. The third kappa shape index (κ3) is 4.81. The third-order valence-electron chi connectivity index (χ3n) is 5.71. The lowest BCUT2D eigenvalue weighted by Gasteiger charge is -2.25. The van der Waals surface area contributed by atoms with Gasteiger partial charge in [-0.3, -0.25) is 0 Å². The number of benzene rings is 2. The molecule has 0 amide bonds. The summed E-state index contributed by atoms with van der Waals surface area (Å²) in [5.41, 5.74) is -0.0507. The number of nitrogens with zero attached hydrogens (tertiary/aromatic N) is 1. The first kappa shape index (κ1) is 21.2. The van der Waals surface area contributed by atoms with Crippen molar-refractivity contribution in [3.63, 3.8) is 0 Å². The summed E-state index contributed by atoms with van der Waals surface area (Å²) in [7, 11) is -3.89. The second-order valence-electron chi connectivity index (χ2n) is 8.06. The smallest absolute Gasteiger partial charge is 0.416 e. The predicted molar refractivity (Wildman–Crippen MR) is 106 cm³/mol. The summed E-state index contributed by atoms with van der Waals surface area (Å²) >= 11 is 0. The lowest BCUT2D eigenvalue weighted by molar-refractivity contribution is -0.137. The Morgan fingerprint density at radius 1 is 0.933 bits per heavy atom. The molecule has 0 spiro atoms. The Kier molecular flexibility index (Phi) is 5.81. The Hall–Kier alpha value is -2.06. The number of alkyl halides is 3. The van der Waals surface area contributed by atoms with Crippen LogP contribution in [0.4, 0.5) is 13.2 Å². The van der Waals surface area contributed by atoms with Gasteiger partial charge in [-0.15, -0.1) is 0 Å². The van der Waals surface area contributed by atoms with Crippen molar-refractivity contribution in [1.29, 1.82) is 0 Å². The molecule has 0 atom stereocenters. The maximum atomic E-state index is 13.1. The first-order chi connectivity index (χ1) is 14.2. The zero-order valence-electron chi connectivity index (χ0n) is 16.4. The molecule has 0 radical (unpaired) electrons. The maximum Gasteiger partial charge on any atom is 0.416 e. The van der Waals surface area contributed by atoms with Crippen LogP contribution in [-0.4, -0.2) is 25.4 Å². The van der Waals surface area contributed by atoms with Crippen LogP contribution in [0, 0.1) is 5.92 Å². The summed E-state index contributed by atoms with van der Waals surface area (Å²) in [4.78, 5) is -0.122. The summed E-state index contributed by atoms with van der Waals surface area (Å²) in [5.74, 6) is 1.39. The zero-order chi connectivity index (χ0) is 21.4. The average Bonchev–Trinajstić information content (AvgIpc) is 3.50. The van der Waals surface area contributed by atoms with E-state index in [1.807, 2.05) is 24.3 Å². The standard InChI is InChI=1S/C22H24F3NO3S/c23-22(24,25)18-6-12-21(13-7-18)30(27,28)26(19-8-9-19)14-16-4-10-20(11-5-16)29-15-17-2-1-3-17/h4-7,10-13,17,19H,1-3,8-9,14-15H2. The van der Waals surface area contributed by atoms with Crippen LogP contribution < -0.4 is 4.74 Å². The van der Waals surface area contributed by atoms with Crippen LogP contribution in [0.5, 0.6) is 5.75 Å². The quantitative estimate of drug-likeness (QED) is 0.565. The second kappa shape index (κ2) is 8.23. The Morgan fingerprint density at radius 2 is 1.57 bits per heavy atom. The van der Waals surface area contributed by atoms with E-state index in [0.717, 1.165) is 48.4 Å². The van der Waals surface area contributed by atoms with Crippen LogP contribution in [-0.2, 0) is 22.7 Å². The molecule has 8 heteroatoms. The van der Waals surface area contributed by atoms with Gasteiger partial charge in [0.05, 0.1) is 17.1 Å². The summed E-state index contributed by atoms with van der Waals surface area (Å²) in [6.45, 7) is 0.882. The highest BCUT2D eigenvalue weighted by Gasteiger charge is 2.38. The fourth-order valence-electron chi connectivity index (χ4n) is 3.47. The second-order valence-corrected chi connectivity index (χ2v) is 9.95. The lowest BCUT2D eigenvalue weighted by atomic mass is 9.86. The molecule has 0 N–H and O–H groups in total. The topological polar surface area (TPSA) is 46.6 Å². The largest absolute Gasteiger partial charge is 0.493 e. The van der Waals surface area contributed by atoms with Gasteiger partial charge in [0.25, 0.3) is 0 Å². The van der Waals surface area contributed by atoms with Crippen molar-refractivity contribution in [1.82, 2.24) is 4.31 Å². The minimum Gasteiger partial charge on any atom is -0.493 e. The number of ether oxygens (including phenoxy) is 1. The number of rotatable bonds is 8. The molecule has 162 valence electrons. The van der Waals surface area contributed by atoms with E-state index in [0.29, 0.717) is 12.5 Å². The Balaban J connectivity index is 1.46. The van der Waals surface area contributed by atoms with Crippen molar-refractivity contribution in [2.45, 2.75) is 55.8 Å². The zero-order valence-corrected chi connectivity index (χ0v) is 17.3. The molecule has 2 aliphatic rings. The molecule has 2 aromatic carbocycles. The van der Waals surface area contributed by atoms with E-state index in [-0.39, 0.29) is 17.5 Å². The molecular weight excluding hydrogens is 415 g/mol. The molecule has 0 unspecified atom stereocenters. The Labute approximate surface area is 174 Å². The molecule has 0 aliphatic heterocycles. The third-order valence-corrected chi connectivity index (χ3v) is 7.63. The highest BCUT2D eigenvalue weighted by Crippen LogP contribution is 2.35. The van der Waals surface area contributed by atoms with E-state index < -0.39 is 21.8 Å². The van der Waals surface area contributed by atoms with Crippen molar-refractivity contribution in [3.05, 3.63) is 59.7 Å². The van der Waals surface area contributed by atoms with Gasteiger partial charge in [0, 0.05) is 12.6 Å². The summed E-state index contributed by atoms with van der Waals surface area (Å²) in [6.07, 6.45) is 0.676. The molecule has 4 rings (SSSR count). The van der Waals surface area contributed by atoms with Crippen molar-refractivity contribution in [2.24, 2.45) is 5.92 Å². The highest BCUT2D eigenvalue weighted by molar-refractivity contribution is 7.89. The van der Waals surface area contributed by atoms with E-state index in [2.05, 4.69) is 0 Å². The van der Waals surface area contributed by atoms with E-state index in [1.165, 1.54) is 23.6 Å². The fraction of sp³-hybridized carbons (Fsp3) is 0.455. The first-order valence-electron chi connectivity index (χ1n) is 10.1. The van der Waals surface area contributed by atoms with Gasteiger partial charge in [0.15, 0.2) is 0 Å². The summed E-state index contributed by atoms with van der Waals surface area (Å²) in [5, 5.41) is 0. The molecule has 2 saturated carbocycles. The van der Waals surface area contributed by atoms with Gasteiger partial charge in [-0.2, -0.15) is 17.5 Å². The fourth-order valence-corrected chi connectivity index (χ4v) is 5.14. The van der Waals surface area contributed by atoms with Gasteiger partial charge < -0.3 is 4.74 Å². The van der Waals surface area contributed by atoms with Crippen LogP contribution in [0.3, 0.4) is 0 Å². The van der Waals surface area contributed by atoms with E-state index in [4.69, 9.17) is 4.74 Å². The molecular formula is C22H24F3NO3S. The highest BCUT2D eigenvalue weighted by atomic mass is 32.2. The maximum absolute atomic E-state index is 13.1. The van der Waals surface area contributed by atoms with Gasteiger partial charge in [-0.05, 0) is 73.6 Å². The molecule has 0 saturated heterocycles. The summed E-state index contributed by atoms with van der Waals surface area (Å²) in [6, 6.07) is 10.9. The van der Waals surface area contributed by atoms with E-state index in [9.17, 15) is 21.6 Å². The SMILES string of the molecule is O=S(=O)(c1ccc(C(F)(F)F)cc1)N(Cc1ccc(OCC2CCC2)cc1)C1CC1. The van der Waals surface area contributed by atoms with Crippen molar-refractivity contribution in [2.75, 3.05) is 6.61 Å². The molecule has 2 aromatic rings. The molecule has 4 nitrogen and oxygen atoms in total. The van der Waals surface area contributed by atoms with Crippen LogP contribution in [0.25, 0.3) is 0 Å². The minimum absolute atomic E-state index is 0.119. The molecule has 2 fully saturated rings. The van der Waals surface area contributed by atoms with E-state index >= 15 is 0 Å². The number of sulfonamides is 1. The van der Waals surface area contributed by atoms with Crippen LogP contribution in [0.1, 0.15) is 43.2 Å². The van der Waals surface area contributed by atoms with Crippen LogP contribution >= 0.6 is 0 Å². The number of halogens is 3. The van der Waals surface area contributed by atoms with Gasteiger partial charge >= 0.3 is 6.18 Å². The number of hydrogen-bond donors (Lipinski definition) is 0.